The van der Waals surface area contributed by atoms with Gasteiger partial charge >= 0.3 is 0 Å². The maximum absolute atomic E-state index is 5.64. The lowest BCUT2D eigenvalue weighted by atomic mass is 10.1. The third-order valence-corrected chi connectivity index (χ3v) is 4.46. The Morgan fingerprint density at radius 2 is 1.76 bits per heavy atom. The van der Waals surface area contributed by atoms with Crippen LogP contribution >= 0.6 is 0 Å². The van der Waals surface area contributed by atoms with Gasteiger partial charge in [-0.25, -0.2) is 0 Å². The highest BCUT2D eigenvalue weighted by atomic mass is 16.7. The van der Waals surface area contributed by atoms with E-state index >= 15 is 0 Å². The van der Waals surface area contributed by atoms with Crippen LogP contribution in [0.2, 0.25) is 0 Å². The lowest BCUT2D eigenvalue weighted by molar-refractivity contribution is -0.145. The first kappa shape index (κ1) is 15.0. The van der Waals surface area contributed by atoms with Gasteiger partial charge < -0.3 is 14.4 Å². The third kappa shape index (κ3) is 4.78. The van der Waals surface area contributed by atoms with Gasteiger partial charge in [0, 0.05) is 39.3 Å². The van der Waals surface area contributed by atoms with Gasteiger partial charge in [0.05, 0.1) is 12.7 Å². The molecule has 1 atom stereocenters. The number of rotatable bonds is 5. The van der Waals surface area contributed by atoms with E-state index in [0.717, 1.165) is 39.1 Å². The summed E-state index contributed by atoms with van der Waals surface area (Å²) in [6.45, 7) is 8.24. The molecule has 0 N–H and O–H groups in total. The van der Waals surface area contributed by atoms with E-state index in [1.807, 2.05) is 0 Å². The minimum Gasteiger partial charge on any atom is -0.355 e. The molecule has 2 aliphatic rings. The molecule has 3 rings (SSSR count). The largest absolute Gasteiger partial charge is 0.355 e. The van der Waals surface area contributed by atoms with E-state index in [9.17, 15) is 0 Å². The molecule has 0 amide bonds. The van der Waals surface area contributed by atoms with Crippen LogP contribution in [0.5, 0.6) is 0 Å². The van der Waals surface area contributed by atoms with E-state index in [2.05, 4.69) is 40.1 Å². The Morgan fingerprint density at radius 3 is 2.48 bits per heavy atom. The molecule has 0 aliphatic carbocycles. The summed E-state index contributed by atoms with van der Waals surface area (Å²) in [5, 5.41) is 0. The average Bonchev–Trinajstić information content (AvgIpc) is 2.56. The first-order valence-corrected chi connectivity index (χ1v) is 8.08. The summed E-state index contributed by atoms with van der Waals surface area (Å²) in [6.07, 6.45) is 2.56. The molecule has 0 radical (unpaired) electrons. The fraction of sp³-hybridized carbons (Fsp3) is 0.647. The maximum Gasteiger partial charge on any atom is 0.147 e. The third-order valence-electron chi connectivity index (χ3n) is 4.46. The van der Waals surface area contributed by atoms with Crippen LogP contribution in [0.3, 0.4) is 0 Å². The zero-order valence-corrected chi connectivity index (χ0v) is 12.7. The van der Waals surface area contributed by atoms with E-state index in [1.54, 1.807) is 0 Å². The summed E-state index contributed by atoms with van der Waals surface area (Å²) in [6, 6.07) is 10.8. The van der Waals surface area contributed by atoms with Crippen LogP contribution in [-0.2, 0) is 15.9 Å². The predicted molar refractivity (Wildman–Crippen MR) is 83.3 cm³/mol. The second kappa shape index (κ2) is 7.90. The van der Waals surface area contributed by atoms with Crippen molar-refractivity contribution in [2.24, 2.45) is 0 Å². The first-order chi connectivity index (χ1) is 10.4. The maximum atomic E-state index is 5.64. The quantitative estimate of drug-likeness (QED) is 0.822. The molecule has 0 aromatic heterocycles. The van der Waals surface area contributed by atoms with E-state index in [1.165, 1.54) is 25.2 Å². The van der Waals surface area contributed by atoms with Gasteiger partial charge in [-0.2, -0.15) is 0 Å². The summed E-state index contributed by atoms with van der Waals surface area (Å²) in [7, 11) is 0. The summed E-state index contributed by atoms with van der Waals surface area (Å²) >= 11 is 0. The van der Waals surface area contributed by atoms with Gasteiger partial charge in [-0.1, -0.05) is 30.3 Å². The van der Waals surface area contributed by atoms with Crippen LogP contribution in [0.25, 0.3) is 0 Å². The number of hydrogen-bond donors (Lipinski definition) is 0. The molecule has 4 nitrogen and oxygen atoms in total. The lowest BCUT2D eigenvalue weighted by Crippen LogP contribution is -2.49. The topological polar surface area (TPSA) is 24.9 Å². The Kier molecular flexibility index (Phi) is 5.63. The van der Waals surface area contributed by atoms with Crippen LogP contribution in [0, 0.1) is 0 Å². The fourth-order valence-electron chi connectivity index (χ4n) is 3.06. The zero-order chi connectivity index (χ0) is 14.3. The average molecular weight is 290 g/mol. The van der Waals surface area contributed by atoms with Gasteiger partial charge in [0.25, 0.3) is 0 Å². The number of piperazine rings is 1. The van der Waals surface area contributed by atoms with Crippen molar-refractivity contribution in [2.75, 3.05) is 52.7 Å². The molecule has 2 heterocycles. The summed E-state index contributed by atoms with van der Waals surface area (Å²) in [5.41, 5.74) is 1.44. The normalized spacial score (nSPS) is 25.0. The van der Waals surface area contributed by atoms with Crippen molar-refractivity contribution in [1.29, 1.82) is 0 Å². The molecule has 2 aliphatic heterocycles. The van der Waals surface area contributed by atoms with Crippen LogP contribution < -0.4 is 0 Å². The molecule has 4 heteroatoms. The van der Waals surface area contributed by atoms with Gasteiger partial charge in [-0.3, -0.25) is 4.90 Å². The van der Waals surface area contributed by atoms with Gasteiger partial charge in [-0.05, 0) is 18.4 Å². The lowest BCUT2D eigenvalue weighted by Gasteiger charge is -2.37. The standard InChI is InChI=1S/C17H26N2O2/c1-2-4-16(5-3-1)6-8-18-9-11-19(12-10-18)14-17-7-13-20-15-21-17/h1-5,17H,6-15H2/t17-/m0/s1. The predicted octanol–water partition coefficient (Wildman–Crippen LogP) is 1.61. The van der Waals surface area contributed by atoms with Crippen LogP contribution in [0.1, 0.15) is 12.0 Å². The molecular formula is C17H26N2O2. The minimum atomic E-state index is 0.370. The molecule has 21 heavy (non-hydrogen) atoms. The molecule has 116 valence electrons. The Balaban J connectivity index is 1.35. The highest BCUT2D eigenvalue weighted by Crippen LogP contribution is 2.11. The van der Waals surface area contributed by atoms with E-state index in [0.29, 0.717) is 12.9 Å². The molecular weight excluding hydrogens is 264 g/mol. The van der Waals surface area contributed by atoms with E-state index < -0.39 is 0 Å². The zero-order valence-electron chi connectivity index (χ0n) is 12.7. The minimum absolute atomic E-state index is 0.370. The molecule has 0 spiro atoms. The van der Waals surface area contributed by atoms with Crippen molar-refractivity contribution in [2.45, 2.75) is 18.9 Å². The molecule has 1 aromatic rings. The highest BCUT2D eigenvalue weighted by Gasteiger charge is 2.21. The van der Waals surface area contributed by atoms with Gasteiger partial charge in [0.15, 0.2) is 0 Å². The van der Waals surface area contributed by atoms with Crippen molar-refractivity contribution in [3.63, 3.8) is 0 Å². The van der Waals surface area contributed by atoms with Crippen molar-refractivity contribution in [1.82, 2.24) is 9.80 Å². The molecule has 2 saturated heterocycles. The van der Waals surface area contributed by atoms with Crippen LogP contribution in [0.4, 0.5) is 0 Å². The molecule has 0 bridgehead atoms. The van der Waals surface area contributed by atoms with Crippen molar-refractivity contribution >= 4 is 0 Å². The summed E-state index contributed by atoms with van der Waals surface area (Å²) in [4.78, 5) is 5.11. The Labute approximate surface area is 127 Å². The van der Waals surface area contributed by atoms with Crippen LogP contribution in [-0.4, -0.2) is 68.6 Å². The number of hydrogen-bond acceptors (Lipinski definition) is 4. The van der Waals surface area contributed by atoms with E-state index in [4.69, 9.17) is 9.47 Å². The second-order valence-corrected chi connectivity index (χ2v) is 5.98. The Bertz CT molecular complexity index is 399. The Morgan fingerprint density at radius 1 is 1.00 bits per heavy atom. The monoisotopic (exact) mass is 290 g/mol. The second-order valence-electron chi connectivity index (χ2n) is 5.98. The number of ether oxygens (including phenoxy) is 2. The van der Waals surface area contributed by atoms with Gasteiger partial charge in [0.2, 0.25) is 0 Å². The fourth-order valence-corrected chi connectivity index (χ4v) is 3.06. The number of nitrogens with zero attached hydrogens (tertiary/aromatic N) is 2. The van der Waals surface area contributed by atoms with E-state index in [-0.39, 0.29) is 0 Å². The molecule has 0 unspecified atom stereocenters. The smallest absolute Gasteiger partial charge is 0.147 e. The summed E-state index contributed by atoms with van der Waals surface area (Å²) < 4.78 is 10.9. The highest BCUT2D eigenvalue weighted by molar-refractivity contribution is 5.14. The van der Waals surface area contributed by atoms with Gasteiger partial charge in [-0.15, -0.1) is 0 Å². The first-order valence-electron chi connectivity index (χ1n) is 8.08. The molecule has 0 saturated carbocycles. The SMILES string of the molecule is c1ccc(CCN2CCN(C[C@@H]3CCOCO3)CC2)cc1. The molecule has 2 fully saturated rings. The Hall–Kier alpha value is -0.940. The molecule has 1 aromatic carbocycles. The van der Waals surface area contributed by atoms with Crippen molar-refractivity contribution < 1.29 is 9.47 Å². The number of benzene rings is 1. The van der Waals surface area contributed by atoms with Crippen molar-refractivity contribution in [3.8, 4) is 0 Å². The summed E-state index contributed by atoms with van der Waals surface area (Å²) in [5.74, 6) is 0. The van der Waals surface area contributed by atoms with Crippen molar-refractivity contribution in [3.05, 3.63) is 35.9 Å². The van der Waals surface area contributed by atoms with Crippen LogP contribution in [0.15, 0.2) is 30.3 Å². The van der Waals surface area contributed by atoms with Gasteiger partial charge in [0.1, 0.15) is 6.79 Å².